The van der Waals surface area contributed by atoms with E-state index in [1.807, 2.05) is 27.7 Å². The summed E-state index contributed by atoms with van der Waals surface area (Å²) in [5.74, 6) is 2.01. The highest BCUT2D eigenvalue weighted by molar-refractivity contribution is 5.11. The van der Waals surface area contributed by atoms with Crippen LogP contribution in [0.3, 0.4) is 0 Å². The Morgan fingerprint density at radius 2 is 0.960 bits per heavy atom. The molecule has 1 saturated carbocycles. The topological polar surface area (TPSA) is 0 Å². The average molecular weight is 355 g/mol. The fourth-order valence-electron chi connectivity index (χ4n) is 3.06. The van der Waals surface area contributed by atoms with Crippen molar-refractivity contribution in [3.8, 4) is 0 Å². The third-order valence-electron chi connectivity index (χ3n) is 5.33. The highest BCUT2D eigenvalue weighted by Crippen LogP contribution is 2.28. The fraction of sp³-hybridized carbons (Fsp3) is 0.920. The Morgan fingerprint density at radius 1 is 0.640 bits per heavy atom. The molecule has 0 bridgehead atoms. The van der Waals surface area contributed by atoms with Crippen LogP contribution in [0.25, 0.3) is 0 Å². The quantitative estimate of drug-likeness (QED) is 0.433. The van der Waals surface area contributed by atoms with Crippen LogP contribution >= 0.6 is 0 Å². The van der Waals surface area contributed by atoms with Crippen molar-refractivity contribution < 1.29 is 0 Å². The van der Waals surface area contributed by atoms with Crippen LogP contribution in [0.15, 0.2) is 11.1 Å². The predicted octanol–water partition coefficient (Wildman–Crippen LogP) is 9.98. The lowest BCUT2D eigenvalue weighted by atomic mass is 9.82. The van der Waals surface area contributed by atoms with Gasteiger partial charge in [-0.05, 0) is 51.4 Å². The first-order chi connectivity index (χ1) is 12.0. The zero-order valence-corrected chi connectivity index (χ0v) is 19.9. The van der Waals surface area contributed by atoms with Gasteiger partial charge in [0.2, 0.25) is 0 Å². The molecule has 2 aliphatic rings. The number of rotatable bonds is 2. The Labute approximate surface area is 163 Å². The maximum atomic E-state index is 2.38. The fourth-order valence-corrected chi connectivity index (χ4v) is 3.06. The molecule has 0 heteroatoms. The van der Waals surface area contributed by atoms with Crippen LogP contribution in [-0.4, -0.2) is 0 Å². The third kappa shape index (κ3) is 19.9. The van der Waals surface area contributed by atoms with E-state index < -0.39 is 0 Å². The largest absolute Gasteiger partial charge is 0.0744 e. The smallest absolute Gasteiger partial charge is 0.0320 e. The Balaban J connectivity index is -0.000000270. The third-order valence-corrected chi connectivity index (χ3v) is 5.33. The summed E-state index contributed by atoms with van der Waals surface area (Å²) in [6, 6.07) is 0. The number of hydrogen-bond acceptors (Lipinski definition) is 0. The first-order valence-electron chi connectivity index (χ1n) is 11.7. The van der Waals surface area contributed by atoms with Crippen molar-refractivity contribution >= 4 is 0 Å². The molecule has 25 heavy (non-hydrogen) atoms. The zero-order valence-electron chi connectivity index (χ0n) is 19.9. The molecule has 0 nitrogen and oxygen atoms in total. The monoisotopic (exact) mass is 354 g/mol. The molecule has 1 fully saturated rings. The van der Waals surface area contributed by atoms with Crippen molar-refractivity contribution in [2.45, 2.75) is 140 Å². The maximum absolute atomic E-state index is 2.38. The number of unbranched alkanes of at least 4 members (excludes halogenated alkanes) is 2. The SMILES string of the molecule is CC.CC.CC1=C(C)CCCC1.CC1CCCCC1C.CCCCC. The molecule has 0 aliphatic heterocycles. The summed E-state index contributed by atoms with van der Waals surface area (Å²) >= 11 is 0. The van der Waals surface area contributed by atoms with E-state index in [-0.39, 0.29) is 0 Å². The van der Waals surface area contributed by atoms with Crippen LogP contribution in [0.4, 0.5) is 0 Å². The molecule has 0 aromatic rings. The van der Waals surface area contributed by atoms with Crippen molar-refractivity contribution in [2.24, 2.45) is 11.8 Å². The van der Waals surface area contributed by atoms with Gasteiger partial charge in [0.05, 0.1) is 0 Å². The van der Waals surface area contributed by atoms with Gasteiger partial charge >= 0.3 is 0 Å². The van der Waals surface area contributed by atoms with Gasteiger partial charge in [-0.1, -0.05) is 111 Å². The Morgan fingerprint density at radius 3 is 1.12 bits per heavy atom. The predicted molar refractivity (Wildman–Crippen MR) is 122 cm³/mol. The van der Waals surface area contributed by atoms with Gasteiger partial charge < -0.3 is 0 Å². The summed E-state index contributed by atoms with van der Waals surface area (Å²) in [6.07, 6.45) is 15.5. The van der Waals surface area contributed by atoms with Crippen LogP contribution in [-0.2, 0) is 0 Å². The van der Waals surface area contributed by atoms with Crippen molar-refractivity contribution in [3.63, 3.8) is 0 Å². The summed E-state index contributed by atoms with van der Waals surface area (Å²) in [5, 5.41) is 0. The molecular formula is C25H54. The molecule has 2 rings (SSSR count). The molecule has 0 heterocycles. The van der Waals surface area contributed by atoms with E-state index in [1.165, 1.54) is 70.6 Å². The van der Waals surface area contributed by atoms with Gasteiger partial charge in [-0.15, -0.1) is 0 Å². The molecule has 0 aromatic heterocycles. The number of hydrogen-bond donors (Lipinski definition) is 0. The van der Waals surface area contributed by atoms with E-state index in [1.54, 1.807) is 11.1 Å². The van der Waals surface area contributed by atoms with Crippen LogP contribution in [0, 0.1) is 11.8 Å². The van der Waals surface area contributed by atoms with E-state index in [9.17, 15) is 0 Å². The highest BCUT2D eigenvalue weighted by Gasteiger charge is 2.15. The van der Waals surface area contributed by atoms with Gasteiger partial charge in [0.1, 0.15) is 0 Å². The van der Waals surface area contributed by atoms with E-state index >= 15 is 0 Å². The summed E-state index contributed by atoms with van der Waals surface area (Å²) < 4.78 is 0. The molecule has 154 valence electrons. The molecular weight excluding hydrogens is 300 g/mol. The van der Waals surface area contributed by atoms with Crippen LogP contribution in [0.2, 0.25) is 0 Å². The lowest BCUT2D eigenvalue weighted by molar-refractivity contribution is 0.277. The summed E-state index contributed by atoms with van der Waals surface area (Å²) in [4.78, 5) is 0. The first-order valence-corrected chi connectivity index (χ1v) is 11.7. The van der Waals surface area contributed by atoms with Gasteiger partial charge in [-0.3, -0.25) is 0 Å². The second-order valence-corrected chi connectivity index (χ2v) is 7.36. The van der Waals surface area contributed by atoms with Crippen molar-refractivity contribution in [1.29, 1.82) is 0 Å². The van der Waals surface area contributed by atoms with Crippen LogP contribution in [0.5, 0.6) is 0 Å². The highest BCUT2D eigenvalue weighted by atomic mass is 14.2. The molecule has 0 spiro atoms. The van der Waals surface area contributed by atoms with Gasteiger partial charge in [0, 0.05) is 0 Å². The lowest BCUT2D eigenvalue weighted by Crippen LogP contribution is -2.12. The van der Waals surface area contributed by atoms with Gasteiger partial charge in [0.25, 0.3) is 0 Å². The second kappa shape index (κ2) is 23.7. The van der Waals surface area contributed by atoms with Gasteiger partial charge in [-0.2, -0.15) is 0 Å². The molecule has 0 radical (unpaired) electrons. The molecule has 2 atom stereocenters. The van der Waals surface area contributed by atoms with E-state index in [2.05, 4.69) is 41.5 Å². The van der Waals surface area contributed by atoms with Crippen molar-refractivity contribution in [2.75, 3.05) is 0 Å². The molecule has 0 amide bonds. The normalized spacial score (nSPS) is 21.8. The molecule has 0 aromatic carbocycles. The van der Waals surface area contributed by atoms with Crippen LogP contribution in [0.1, 0.15) is 140 Å². The van der Waals surface area contributed by atoms with Gasteiger partial charge in [-0.25, -0.2) is 0 Å². The molecule has 0 saturated heterocycles. The van der Waals surface area contributed by atoms with E-state index in [0.29, 0.717) is 0 Å². The zero-order chi connectivity index (χ0) is 20.1. The summed E-state index contributed by atoms with van der Waals surface area (Å²) in [5.41, 5.74) is 3.27. The minimum Gasteiger partial charge on any atom is -0.0744 e. The van der Waals surface area contributed by atoms with Gasteiger partial charge in [0.15, 0.2) is 0 Å². The van der Waals surface area contributed by atoms with Crippen molar-refractivity contribution in [3.05, 3.63) is 11.1 Å². The Bertz CT molecular complexity index is 235. The van der Waals surface area contributed by atoms with E-state index in [0.717, 1.165) is 11.8 Å². The summed E-state index contributed by atoms with van der Waals surface area (Å²) in [6.45, 7) is 21.7. The lowest BCUT2D eigenvalue weighted by Gasteiger charge is -2.24. The van der Waals surface area contributed by atoms with E-state index in [4.69, 9.17) is 0 Å². The Kier molecular flexibility index (Phi) is 28.0. The molecule has 0 N–H and O–H groups in total. The molecule has 2 aliphatic carbocycles. The van der Waals surface area contributed by atoms with Crippen molar-refractivity contribution in [1.82, 2.24) is 0 Å². The maximum Gasteiger partial charge on any atom is -0.0320 e. The standard InChI is InChI=1S/C8H16.C8H14.C5H12.2C2H6/c2*1-7-5-3-4-6-8(7)2;1-3-5-4-2;2*1-2/h7-8H,3-6H2,1-2H3;3-6H2,1-2H3;3-5H2,1-2H3;2*1-2H3. The average Bonchev–Trinajstić information content (AvgIpc) is 2.65. The minimum atomic E-state index is 1.00. The minimum absolute atomic E-state index is 1.00. The first kappa shape index (κ1) is 29.5. The van der Waals surface area contributed by atoms with Crippen LogP contribution < -0.4 is 0 Å². The molecule has 2 unspecified atom stereocenters. The number of allylic oxidation sites excluding steroid dienone is 2. The Hall–Kier alpha value is -0.260. The summed E-state index contributed by atoms with van der Waals surface area (Å²) in [7, 11) is 0. The second-order valence-electron chi connectivity index (χ2n) is 7.36.